The van der Waals surface area contributed by atoms with E-state index in [9.17, 15) is 0 Å². The van der Waals surface area contributed by atoms with Gasteiger partial charge < -0.3 is 9.47 Å². The van der Waals surface area contributed by atoms with Gasteiger partial charge in [-0.3, -0.25) is 0 Å². The van der Waals surface area contributed by atoms with Gasteiger partial charge in [0.05, 0.1) is 22.4 Å². The Balaban J connectivity index is 1.33. The second-order valence-electron chi connectivity index (χ2n) is 13.4. The minimum absolute atomic E-state index is 0.0944. The molecule has 0 aliphatic carbocycles. The molecule has 0 aliphatic rings. The summed E-state index contributed by atoms with van der Waals surface area (Å²) in [6.07, 6.45) is 0. The SMILES string of the molecule is CC(C)(C)c1ccc(N(c2ccccc2)c2ccc3ccc4c(-n5c6ccccc6c6ccccc65)ccc5ccc2c3c54)cc1. The molecule has 1 heterocycles. The van der Waals surface area contributed by atoms with E-state index in [1.165, 1.54) is 71.1 Å². The molecule has 1 aromatic heterocycles. The zero-order valence-electron chi connectivity index (χ0n) is 26.3. The molecule has 9 rings (SSSR count). The Morgan fingerprint density at radius 1 is 0.435 bits per heavy atom. The molecule has 0 aliphatic heterocycles. The van der Waals surface area contributed by atoms with E-state index in [4.69, 9.17) is 0 Å². The summed E-state index contributed by atoms with van der Waals surface area (Å²) in [5, 5.41) is 10.2. The predicted molar refractivity (Wildman–Crippen MR) is 198 cm³/mol. The van der Waals surface area contributed by atoms with Crippen molar-refractivity contribution in [1.29, 1.82) is 0 Å². The van der Waals surface area contributed by atoms with Crippen LogP contribution in [0.15, 0.2) is 152 Å². The van der Waals surface area contributed by atoms with E-state index in [1.807, 2.05) is 0 Å². The van der Waals surface area contributed by atoms with Crippen molar-refractivity contribution in [2.75, 3.05) is 4.90 Å². The first-order valence-electron chi connectivity index (χ1n) is 16.1. The third kappa shape index (κ3) is 3.96. The van der Waals surface area contributed by atoms with Crippen molar-refractivity contribution in [3.8, 4) is 5.69 Å². The molecular weight excluding hydrogens is 556 g/mol. The van der Waals surface area contributed by atoms with Gasteiger partial charge in [-0.1, -0.05) is 124 Å². The topological polar surface area (TPSA) is 8.17 Å². The largest absolute Gasteiger partial charge is 0.310 e. The lowest BCUT2D eigenvalue weighted by molar-refractivity contribution is 0.590. The fourth-order valence-electron chi connectivity index (χ4n) is 7.46. The molecule has 0 saturated heterocycles. The molecule has 9 aromatic rings. The van der Waals surface area contributed by atoms with E-state index in [-0.39, 0.29) is 5.41 Å². The number of fused-ring (bicyclic) bond motifs is 3. The smallest absolute Gasteiger partial charge is 0.0541 e. The number of hydrogen-bond donors (Lipinski definition) is 0. The average molecular weight is 591 g/mol. The molecule has 220 valence electrons. The van der Waals surface area contributed by atoms with Crippen LogP contribution in [0.1, 0.15) is 26.3 Å². The van der Waals surface area contributed by atoms with Crippen LogP contribution in [0.25, 0.3) is 59.8 Å². The lowest BCUT2D eigenvalue weighted by atomic mass is 9.87. The number of rotatable bonds is 4. The third-order valence-electron chi connectivity index (χ3n) is 9.69. The van der Waals surface area contributed by atoms with Crippen LogP contribution in [-0.4, -0.2) is 4.57 Å². The van der Waals surface area contributed by atoms with Gasteiger partial charge in [-0.25, -0.2) is 0 Å². The van der Waals surface area contributed by atoms with E-state index in [2.05, 4.69) is 182 Å². The van der Waals surface area contributed by atoms with Crippen LogP contribution < -0.4 is 4.90 Å². The summed E-state index contributed by atoms with van der Waals surface area (Å²) in [4.78, 5) is 2.41. The minimum Gasteiger partial charge on any atom is -0.310 e. The highest BCUT2D eigenvalue weighted by atomic mass is 15.1. The number of benzene rings is 8. The highest BCUT2D eigenvalue weighted by molar-refractivity contribution is 6.27. The average Bonchev–Trinajstić information content (AvgIpc) is 3.42. The van der Waals surface area contributed by atoms with Crippen molar-refractivity contribution in [3.63, 3.8) is 0 Å². The number of nitrogens with zero attached hydrogens (tertiary/aromatic N) is 2. The van der Waals surface area contributed by atoms with E-state index in [0.29, 0.717) is 0 Å². The van der Waals surface area contributed by atoms with E-state index in [1.54, 1.807) is 0 Å². The van der Waals surface area contributed by atoms with Crippen molar-refractivity contribution < 1.29 is 0 Å². The molecule has 0 fully saturated rings. The third-order valence-corrected chi connectivity index (χ3v) is 9.69. The molecule has 46 heavy (non-hydrogen) atoms. The summed E-state index contributed by atoms with van der Waals surface area (Å²) in [5.41, 5.74) is 8.57. The molecule has 0 unspecified atom stereocenters. The van der Waals surface area contributed by atoms with Gasteiger partial charge in [0.2, 0.25) is 0 Å². The second-order valence-corrected chi connectivity index (χ2v) is 13.4. The number of hydrogen-bond acceptors (Lipinski definition) is 1. The predicted octanol–water partition coefficient (Wildman–Crippen LogP) is 12.4. The van der Waals surface area contributed by atoms with Gasteiger partial charge in [-0.2, -0.15) is 0 Å². The van der Waals surface area contributed by atoms with Gasteiger partial charge in [-0.15, -0.1) is 0 Å². The normalized spacial score (nSPS) is 12.2. The van der Waals surface area contributed by atoms with Crippen LogP contribution >= 0.6 is 0 Å². The van der Waals surface area contributed by atoms with E-state index >= 15 is 0 Å². The quantitative estimate of drug-likeness (QED) is 0.185. The molecular formula is C44H34N2. The molecule has 2 nitrogen and oxygen atoms in total. The Kier molecular flexibility index (Phi) is 5.79. The van der Waals surface area contributed by atoms with Gasteiger partial charge in [0.15, 0.2) is 0 Å². The van der Waals surface area contributed by atoms with Crippen molar-refractivity contribution in [1.82, 2.24) is 4.57 Å². The van der Waals surface area contributed by atoms with Crippen molar-refractivity contribution in [2.45, 2.75) is 26.2 Å². The lowest BCUT2D eigenvalue weighted by Gasteiger charge is -2.28. The Bertz CT molecular complexity index is 2490. The molecule has 0 N–H and O–H groups in total. The summed E-state index contributed by atoms with van der Waals surface area (Å²) in [6, 6.07) is 55.8. The summed E-state index contributed by atoms with van der Waals surface area (Å²) in [5.74, 6) is 0. The summed E-state index contributed by atoms with van der Waals surface area (Å²) in [6.45, 7) is 6.81. The van der Waals surface area contributed by atoms with Crippen LogP contribution in [0, 0.1) is 0 Å². The number of para-hydroxylation sites is 3. The van der Waals surface area contributed by atoms with Crippen LogP contribution in [0.3, 0.4) is 0 Å². The first-order valence-corrected chi connectivity index (χ1v) is 16.1. The van der Waals surface area contributed by atoms with Crippen LogP contribution in [0.2, 0.25) is 0 Å². The standard InChI is InChI=1S/C44H34N2/c1-44(2,3)31-21-23-33(24-22-31)45(32-11-5-4-6-12-32)40-27-19-29-18-26-37-41(28-20-30-17-25-36(40)42(29)43(30)37)46-38-15-9-7-13-34(38)35-14-8-10-16-39(35)46/h4-28H,1-3H3. The fraction of sp³-hybridized carbons (Fsp3) is 0.0909. The highest BCUT2D eigenvalue weighted by Gasteiger charge is 2.21. The van der Waals surface area contributed by atoms with Crippen molar-refractivity contribution in [3.05, 3.63) is 157 Å². The lowest BCUT2D eigenvalue weighted by Crippen LogP contribution is -2.13. The Morgan fingerprint density at radius 2 is 0.957 bits per heavy atom. The molecule has 0 spiro atoms. The first kappa shape index (κ1) is 26.8. The Labute approximate surface area is 269 Å². The maximum atomic E-state index is 2.45. The Hall–Kier alpha value is -5.60. The van der Waals surface area contributed by atoms with Gasteiger partial charge in [0, 0.05) is 32.9 Å². The van der Waals surface area contributed by atoms with Gasteiger partial charge in [-0.05, 0) is 81.1 Å². The Morgan fingerprint density at radius 3 is 1.61 bits per heavy atom. The van der Waals surface area contributed by atoms with Crippen LogP contribution in [-0.2, 0) is 5.41 Å². The first-order chi connectivity index (χ1) is 22.5. The maximum absolute atomic E-state index is 2.45. The zero-order chi connectivity index (χ0) is 31.0. The van der Waals surface area contributed by atoms with E-state index < -0.39 is 0 Å². The summed E-state index contributed by atoms with van der Waals surface area (Å²) in [7, 11) is 0. The van der Waals surface area contributed by atoms with Crippen LogP contribution in [0.4, 0.5) is 17.1 Å². The van der Waals surface area contributed by atoms with Crippen LogP contribution in [0.5, 0.6) is 0 Å². The minimum atomic E-state index is 0.0944. The molecule has 8 aromatic carbocycles. The molecule has 0 saturated carbocycles. The summed E-state index contributed by atoms with van der Waals surface area (Å²) < 4.78 is 2.45. The molecule has 0 amide bonds. The fourth-order valence-corrected chi connectivity index (χ4v) is 7.46. The molecule has 0 bridgehead atoms. The number of aromatic nitrogens is 1. The van der Waals surface area contributed by atoms with Crippen molar-refractivity contribution in [2.24, 2.45) is 0 Å². The maximum Gasteiger partial charge on any atom is 0.0541 e. The molecule has 0 radical (unpaired) electrons. The molecule has 2 heteroatoms. The molecule has 0 atom stereocenters. The second kappa shape index (κ2) is 9.95. The van der Waals surface area contributed by atoms with Gasteiger partial charge >= 0.3 is 0 Å². The highest BCUT2D eigenvalue weighted by Crippen LogP contribution is 2.45. The monoisotopic (exact) mass is 590 g/mol. The summed E-state index contributed by atoms with van der Waals surface area (Å²) >= 11 is 0. The van der Waals surface area contributed by atoms with Crippen molar-refractivity contribution >= 4 is 71.2 Å². The zero-order valence-corrected chi connectivity index (χ0v) is 26.3. The van der Waals surface area contributed by atoms with E-state index in [0.717, 1.165) is 11.4 Å². The van der Waals surface area contributed by atoms with Gasteiger partial charge in [0.1, 0.15) is 0 Å². The number of anilines is 3. The van der Waals surface area contributed by atoms with Gasteiger partial charge in [0.25, 0.3) is 0 Å².